The van der Waals surface area contributed by atoms with E-state index in [1.165, 1.54) is 12.3 Å². The first-order valence-electron chi connectivity index (χ1n) is 12.4. The molecule has 1 saturated carbocycles. The Balaban J connectivity index is 1.58. The molecule has 0 aromatic carbocycles. The Morgan fingerprint density at radius 3 is 2.81 bits per heavy atom. The molecule has 1 aromatic rings. The second-order valence-electron chi connectivity index (χ2n) is 9.25. The third-order valence-electron chi connectivity index (χ3n) is 6.77. The Bertz CT molecular complexity index is 942. The van der Waals surface area contributed by atoms with Gasteiger partial charge in [-0.3, -0.25) is 9.88 Å². The largest absolute Gasteiger partial charge is 0.446 e. The highest BCUT2D eigenvalue weighted by atomic mass is 17.2. The molecule has 12 nitrogen and oxygen atoms in total. The zero-order valence-corrected chi connectivity index (χ0v) is 20.7. The van der Waals surface area contributed by atoms with Crippen molar-refractivity contribution in [2.75, 3.05) is 11.9 Å². The van der Waals surface area contributed by atoms with E-state index in [4.69, 9.17) is 19.2 Å². The molecule has 2 unspecified atom stereocenters. The van der Waals surface area contributed by atoms with Gasteiger partial charge in [0.15, 0.2) is 6.23 Å². The molecule has 0 radical (unpaired) electrons. The van der Waals surface area contributed by atoms with Gasteiger partial charge >= 0.3 is 11.8 Å². The van der Waals surface area contributed by atoms with E-state index in [1.807, 2.05) is 13.8 Å². The molecule has 7 atom stereocenters. The van der Waals surface area contributed by atoms with E-state index < -0.39 is 54.6 Å². The van der Waals surface area contributed by atoms with Crippen LogP contribution in [0.1, 0.15) is 65.0 Å². The number of rotatable bonds is 11. The molecule has 36 heavy (non-hydrogen) atoms. The van der Waals surface area contributed by atoms with Crippen molar-refractivity contribution in [2.24, 2.45) is 0 Å². The normalized spacial score (nSPS) is 31.1. The Morgan fingerprint density at radius 1 is 1.42 bits per heavy atom. The third-order valence-corrected chi connectivity index (χ3v) is 6.77. The van der Waals surface area contributed by atoms with Crippen LogP contribution >= 0.6 is 0 Å². The summed E-state index contributed by atoms with van der Waals surface area (Å²) in [5.41, 5.74) is -1.38. The maximum absolute atomic E-state index is 12.5. The third kappa shape index (κ3) is 6.69. The van der Waals surface area contributed by atoms with E-state index >= 15 is 0 Å². The summed E-state index contributed by atoms with van der Waals surface area (Å²) < 4.78 is 11.9. The highest BCUT2D eigenvalue weighted by molar-refractivity contribution is 5.83. The molecule has 1 saturated heterocycles. The highest BCUT2D eigenvalue weighted by Crippen LogP contribution is 2.37. The molecular formula is C24H37N3O9. The van der Waals surface area contributed by atoms with Crippen LogP contribution in [0.5, 0.6) is 0 Å². The maximum atomic E-state index is 12.5. The molecule has 3 rings (SSSR count). The molecule has 2 aliphatic rings. The molecule has 1 aliphatic carbocycles. The lowest BCUT2D eigenvalue weighted by Gasteiger charge is -2.39. The van der Waals surface area contributed by atoms with Crippen LogP contribution in [0.2, 0.25) is 0 Å². The Hall–Kier alpha value is -2.35. The summed E-state index contributed by atoms with van der Waals surface area (Å²) >= 11 is 0. The van der Waals surface area contributed by atoms with Gasteiger partial charge in [-0.25, -0.2) is 19.4 Å². The molecule has 12 heteroatoms. The molecule has 4 N–H and O–H groups in total. The molecule has 1 aromatic heterocycles. The highest BCUT2D eigenvalue weighted by Gasteiger charge is 2.44. The summed E-state index contributed by atoms with van der Waals surface area (Å²) in [5.74, 6) is -0.0413. The average Bonchev–Trinajstić information content (AvgIpc) is 3.15. The van der Waals surface area contributed by atoms with E-state index in [-0.39, 0.29) is 11.9 Å². The van der Waals surface area contributed by atoms with Gasteiger partial charge in [0, 0.05) is 12.6 Å². The molecule has 0 spiro atoms. The summed E-state index contributed by atoms with van der Waals surface area (Å²) in [5, 5.41) is 31.7. The Labute approximate surface area is 209 Å². The number of amides is 1. The lowest BCUT2D eigenvalue weighted by Crippen LogP contribution is -2.42. The maximum Gasteiger partial charge on any atom is 0.413 e. The number of carbonyl (C=O) groups is 1. The number of hydrogen-bond acceptors (Lipinski definition) is 10. The van der Waals surface area contributed by atoms with Crippen LogP contribution < -0.4 is 11.0 Å². The van der Waals surface area contributed by atoms with Crippen molar-refractivity contribution < 1.29 is 39.4 Å². The van der Waals surface area contributed by atoms with E-state index in [0.717, 1.165) is 23.8 Å². The van der Waals surface area contributed by atoms with Crippen LogP contribution in [-0.4, -0.2) is 73.7 Å². The van der Waals surface area contributed by atoms with Crippen molar-refractivity contribution in [3.8, 4) is 0 Å². The summed E-state index contributed by atoms with van der Waals surface area (Å²) in [4.78, 5) is 40.3. The van der Waals surface area contributed by atoms with Gasteiger partial charge < -0.3 is 24.8 Å². The van der Waals surface area contributed by atoms with Gasteiger partial charge in [0.05, 0.1) is 12.7 Å². The van der Waals surface area contributed by atoms with Gasteiger partial charge in [0.2, 0.25) is 0 Å². The summed E-state index contributed by atoms with van der Waals surface area (Å²) in [7, 11) is 0. The first-order valence-corrected chi connectivity index (χ1v) is 12.4. The molecular weight excluding hydrogens is 474 g/mol. The minimum absolute atomic E-state index is 0.0413. The van der Waals surface area contributed by atoms with Crippen molar-refractivity contribution in [3.05, 3.63) is 35.4 Å². The fourth-order valence-electron chi connectivity index (χ4n) is 4.53. The van der Waals surface area contributed by atoms with Crippen LogP contribution in [0.15, 0.2) is 29.7 Å². The number of aliphatic hydroxyl groups is 3. The van der Waals surface area contributed by atoms with Crippen molar-refractivity contribution in [1.29, 1.82) is 0 Å². The minimum atomic E-state index is -1.42. The fourth-order valence-corrected chi connectivity index (χ4v) is 4.53. The van der Waals surface area contributed by atoms with E-state index in [1.54, 1.807) is 6.08 Å². The second kappa shape index (κ2) is 12.7. The van der Waals surface area contributed by atoms with Crippen molar-refractivity contribution in [1.82, 2.24) is 9.55 Å². The minimum Gasteiger partial charge on any atom is -0.446 e. The standard InChI is InChI=1S/C24H37N3O9/c1-4-8-15(5-2)35-36-24(6-3)11-7-9-16(13-24)33-23(32)26-18-10-12-27(22(31)25-18)21-20(30)19(29)17(14-28)34-21/h4,10,12,15-17,19-21,28-30H,1,5-9,11,13-14H2,2-3H3,(H,25,26,31,32)/t15?,16?,17-,19-,20+,21-,24-/m1/s1. The number of ether oxygens (including phenoxy) is 2. The molecule has 2 fully saturated rings. The van der Waals surface area contributed by atoms with Crippen molar-refractivity contribution in [2.45, 2.75) is 101 Å². The summed E-state index contributed by atoms with van der Waals surface area (Å²) in [6.45, 7) is 7.24. The monoisotopic (exact) mass is 511 g/mol. The SMILES string of the molecule is C=CCC(CC)OO[C@]1(CC)CCCC(OC(=O)Nc2ccn([C@@H]3O[C@H](CO)[C@@H](O)[C@@H]3O)c(=O)n2)C1. The molecule has 202 valence electrons. The molecule has 1 amide bonds. The van der Waals surface area contributed by atoms with Gasteiger partial charge in [-0.05, 0) is 44.6 Å². The molecule has 0 bridgehead atoms. The number of nitrogens with one attached hydrogen (secondary N) is 1. The fraction of sp³-hybridized carbons (Fsp3) is 0.708. The van der Waals surface area contributed by atoms with E-state index in [2.05, 4.69) is 16.9 Å². The van der Waals surface area contributed by atoms with Crippen LogP contribution in [0.3, 0.4) is 0 Å². The number of aromatic nitrogens is 2. The van der Waals surface area contributed by atoms with Crippen LogP contribution in [0, 0.1) is 0 Å². The van der Waals surface area contributed by atoms with Crippen LogP contribution in [0.4, 0.5) is 10.6 Å². The van der Waals surface area contributed by atoms with Gasteiger partial charge in [0.1, 0.15) is 35.8 Å². The van der Waals surface area contributed by atoms with Gasteiger partial charge in [-0.2, -0.15) is 4.98 Å². The Morgan fingerprint density at radius 2 is 2.19 bits per heavy atom. The first-order chi connectivity index (χ1) is 17.3. The summed E-state index contributed by atoms with van der Waals surface area (Å²) in [6.07, 6.45) is 1.68. The molecule has 1 aliphatic heterocycles. The molecule has 2 heterocycles. The quantitative estimate of drug-likeness (QED) is 0.196. The lowest BCUT2D eigenvalue weighted by atomic mass is 9.81. The van der Waals surface area contributed by atoms with E-state index in [0.29, 0.717) is 25.7 Å². The van der Waals surface area contributed by atoms with Gasteiger partial charge in [-0.15, -0.1) is 6.58 Å². The van der Waals surface area contributed by atoms with Crippen molar-refractivity contribution >= 4 is 11.9 Å². The smallest absolute Gasteiger partial charge is 0.413 e. The van der Waals surface area contributed by atoms with Gasteiger partial charge in [0.25, 0.3) is 0 Å². The number of carbonyl (C=O) groups excluding carboxylic acids is 1. The zero-order chi connectivity index (χ0) is 26.3. The number of nitrogens with zero attached hydrogens (tertiary/aromatic N) is 2. The van der Waals surface area contributed by atoms with Crippen LogP contribution in [-0.2, 0) is 19.2 Å². The second-order valence-corrected chi connectivity index (χ2v) is 9.25. The topological polar surface area (TPSA) is 162 Å². The van der Waals surface area contributed by atoms with Crippen molar-refractivity contribution in [3.63, 3.8) is 0 Å². The predicted molar refractivity (Wildman–Crippen MR) is 128 cm³/mol. The van der Waals surface area contributed by atoms with E-state index in [9.17, 15) is 24.9 Å². The average molecular weight is 512 g/mol. The predicted octanol–water partition coefficient (Wildman–Crippen LogP) is 1.80. The van der Waals surface area contributed by atoms with Gasteiger partial charge in [-0.1, -0.05) is 19.9 Å². The first kappa shape index (κ1) is 28.2. The number of aliphatic hydroxyl groups excluding tert-OH is 3. The number of anilines is 1. The van der Waals surface area contributed by atoms with Crippen LogP contribution in [0.25, 0.3) is 0 Å². The Kier molecular flexibility index (Phi) is 10.00. The number of hydrogen-bond donors (Lipinski definition) is 4. The lowest BCUT2D eigenvalue weighted by molar-refractivity contribution is -0.393. The zero-order valence-electron chi connectivity index (χ0n) is 20.7. The summed E-state index contributed by atoms with van der Waals surface area (Å²) in [6, 6.07) is 1.34.